The number of hydrogen-bond acceptors (Lipinski definition) is 3. The summed E-state index contributed by atoms with van der Waals surface area (Å²) in [5, 5.41) is 21.8. The lowest BCUT2D eigenvalue weighted by Crippen LogP contribution is -2.28. The van der Waals surface area contributed by atoms with Gasteiger partial charge in [0.05, 0.1) is 11.7 Å². The third kappa shape index (κ3) is 3.33. The maximum absolute atomic E-state index is 13.0. The number of aromatic hydroxyl groups is 1. The van der Waals surface area contributed by atoms with Crippen molar-refractivity contribution >= 4 is 5.91 Å². The number of carbonyl (C=O) groups excluding carboxylic acids is 1. The molecule has 0 bridgehead atoms. The van der Waals surface area contributed by atoms with Crippen molar-refractivity contribution < 1.29 is 19.4 Å². The Morgan fingerprint density at radius 2 is 1.90 bits per heavy atom. The van der Waals surface area contributed by atoms with Crippen molar-refractivity contribution in [1.29, 1.82) is 0 Å². The lowest BCUT2D eigenvalue weighted by molar-refractivity contribution is 0.0913. The normalized spacial score (nSPS) is 11.9. The van der Waals surface area contributed by atoms with Gasteiger partial charge < -0.3 is 15.5 Å². The van der Waals surface area contributed by atoms with E-state index in [1.807, 2.05) is 6.07 Å². The molecule has 0 fully saturated rings. The number of amides is 1. The van der Waals surface area contributed by atoms with Gasteiger partial charge in [0.1, 0.15) is 11.6 Å². The number of aliphatic hydroxyl groups excluding tert-OH is 1. The van der Waals surface area contributed by atoms with Crippen LogP contribution in [0.4, 0.5) is 4.39 Å². The zero-order valence-electron chi connectivity index (χ0n) is 10.6. The molecule has 3 N–H and O–H groups in total. The summed E-state index contributed by atoms with van der Waals surface area (Å²) < 4.78 is 13.0. The highest BCUT2D eigenvalue weighted by Gasteiger charge is 2.14. The molecule has 0 aromatic heterocycles. The van der Waals surface area contributed by atoms with Gasteiger partial charge in [-0.05, 0) is 23.8 Å². The van der Waals surface area contributed by atoms with Crippen LogP contribution in [-0.4, -0.2) is 22.7 Å². The lowest BCUT2D eigenvalue weighted by atomic mass is 10.1. The molecule has 0 radical (unpaired) electrons. The van der Waals surface area contributed by atoms with Crippen molar-refractivity contribution in [2.45, 2.75) is 6.10 Å². The van der Waals surface area contributed by atoms with Gasteiger partial charge in [0.2, 0.25) is 0 Å². The summed E-state index contributed by atoms with van der Waals surface area (Å²) in [5.41, 5.74) is 0.501. The highest BCUT2D eigenvalue weighted by molar-refractivity contribution is 5.96. The molecule has 0 aliphatic carbocycles. The first-order valence-electron chi connectivity index (χ1n) is 6.07. The first-order chi connectivity index (χ1) is 9.58. The maximum atomic E-state index is 13.0. The molecule has 0 saturated heterocycles. The van der Waals surface area contributed by atoms with Gasteiger partial charge in [-0.25, -0.2) is 4.39 Å². The molecule has 1 atom stereocenters. The highest BCUT2D eigenvalue weighted by Crippen LogP contribution is 2.18. The van der Waals surface area contributed by atoms with E-state index in [1.165, 1.54) is 0 Å². The Morgan fingerprint density at radius 1 is 1.20 bits per heavy atom. The summed E-state index contributed by atoms with van der Waals surface area (Å²) in [7, 11) is 0. The Labute approximate surface area is 115 Å². The van der Waals surface area contributed by atoms with E-state index in [0.717, 1.165) is 18.2 Å². The van der Waals surface area contributed by atoms with E-state index in [2.05, 4.69) is 5.32 Å². The summed E-state index contributed by atoms with van der Waals surface area (Å²) in [5.74, 6) is -1.56. The van der Waals surface area contributed by atoms with E-state index in [4.69, 9.17) is 0 Å². The Morgan fingerprint density at radius 3 is 2.60 bits per heavy atom. The summed E-state index contributed by atoms with van der Waals surface area (Å²) in [6.07, 6.45) is -0.865. The fourth-order valence-corrected chi connectivity index (χ4v) is 1.77. The van der Waals surface area contributed by atoms with Gasteiger partial charge in [0.25, 0.3) is 5.91 Å². The molecule has 2 aromatic carbocycles. The van der Waals surface area contributed by atoms with Crippen molar-refractivity contribution in [3.8, 4) is 5.75 Å². The number of aliphatic hydroxyl groups is 1. The summed E-state index contributed by atoms with van der Waals surface area (Å²) in [4.78, 5) is 11.8. The number of phenols is 1. The van der Waals surface area contributed by atoms with Crippen molar-refractivity contribution in [2.24, 2.45) is 0 Å². The van der Waals surface area contributed by atoms with Crippen LogP contribution >= 0.6 is 0 Å². The number of rotatable bonds is 4. The predicted molar refractivity (Wildman–Crippen MR) is 71.8 cm³/mol. The van der Waals surface area contributed by atoms with E-state index in [0.29, 0.717) is 5.56 Å². The molecular weight excluding hydrogens is 261 g/mol. The number of carbonyl (C=O) groups is 1. The number of halogens is 1. The molecule has 1 amide bonds. The van der Waals surface area contributed by atoms with Gasteiger partial charge in [-0.2, -0.15) is 0 Å². The Kier molecular flexibility index (Phi) is 4.32. The minimum atomic E-state index is -0.865. The standard InChI is InChI=1S/C15H14FNO3/c16-11-6-7-13(18)12(8-11)15(20)17-9-14(19)10-4-2-1-3-5-10/h1-8,14,18-19H,9H2,(H,17,20). The largest absolute Gasteiger partial charge is 0.507 e. The molecule has 20 heavy (non-hydrogen) atoms. The molecule has 5 heteroatoms. The molecule has 0 aliphatic rings. The smallest absolute Gasteiger partial charge is 0.255 e. The van der Waals surface area contributed by atoms with Gasteiger partial charge in [0, 0.05) is 6.54 Å². The quantitative estimate of drug-likeness (QED) is 0.799. The second kappa shape index (κ2) is 6.16. The van der Waals surface area contributed by atoms with Crippen molar-refractivity contribution in [3.05, 3.63) is 65.5 Å². The monoisotopic (exact) mass is 275 g/mol. The van der Waals surface area contributed by atoms with Crippen LogP contribution in [0.2, 0.25) is 0 Å². The number of nitrogens with one attached hydrogen (secondary N) is 1. The molecule has 2 aromatic rings. The average molecular weight is 275 g/mol. The van der Waals surface area contributed by atoms with E-state index in [1.54, 1.807) is 24.3 Å². The van der Waals surface area contributed by atoms with Crippen LogP contribution in [0, 0.1) is 5.82 Å². The second-order valence-corrected chi connectivity index (χ2v) is 4.30. The third-order valence-corrected chi connectivity index (χ3v) is 2.84. The fourth-order valence-electron chi connectivity index (χ4n) is 1.77. The van der Waals surface area contributed by atoms with Crippen molar-refractivity contribution in [2.75, 3.05) is 6.54 Å². The zero-order chi connectivity index (χ0) is 14.5. The van der Waals surface area contributed by atoms with E-state index in [-0.39, 0.29) is 17.9 Å². The van der Waals surface area contributed by atoms with Crippen LogP contribution in [0.25, 0.3) is 0 Å². The first kappa shape index (κ1) is 14.0. The van der Waals surface area contributed by atoms with E-state index >= 15 is 0 Å². The summed E-state index contributed by atoms with van der Waals surface area (Å²) in [6.45, 7) is -0.0290. The number of phenolic OH excluding ortho intramolecular Hbond substituents is 1. The van der Waals surface area contributed by atoms with Crippen molar-refractivity contribution in [1.82, 2.24) is 5.32 Å². The van der Waals surface area contributed by atoms with Gasteiger partial charge >= 0.3 is 0 Å². The minimum Gasteiger partial charge on any atom is -0.507 e. The van der Waals surface area contributed by atoms with Gasteiger partial charge in [-0.1, -0.05) is 30.3 Å². The number of benzene rings is 2. The topological polar surface area (TPSA) is 69.6 Å². The van der Waals surface area contributed by atoms with Crippen LogP contribution in [-0.2, 0) is 0 Å². The predicted octanol–water partition coefficient (Wildman–Crippen LogP) is 1.99. The average Bonchev–Trinajstić information content (AvgIpc) is 2.47. The van der Waals surface area contributed by atoms with Crippen LogP contribution in [0.3, 0.4) is 0 Å². The highest BCUT2D eigenvalue weighted by atomic mass is 19.1. The van der Waals surface area contributed by atoms with Gasteiger partial charge in [-0.3, -0.25) is 4.79 Å². The molecular formula is C15H14FNO3. The Hall–Kier alpha value is -2.40. The van der Waals surface area contributed by atoms with Crippen LogP contribution in [0.1, 0.15) is 22.0 Å². The molecule has 104 valence electrons. The summed E-state index contributed by atoms with van der Waals surface area (Å²) in [6, 6.07) is 12.0. The fraction of sp³-hybridized carbons (Fsp3) is 0.133. The van der Waals surface area contributed by atoms with Crippen LogP contribution in [0.5, 0.6) is 5.75 Å². The Bertz CT molecular complexity index is 601. The Balaban J connectivity index is 2.00. The molecule has 0 spiro atoms. The molecule has 4 nitrogen and oxygen atoms in total. The van der Waals surface area contributed by atoms with E-state index < -0.39 is 17.8 Å². The zero-order valence-corrected chi connectivity index (χ0v) is 10.6. The third-order valence-electron chi connectivity index (χ3n) is 2.84. The number of hydrogen-bond donors (Lipinski definition) is 3. The maximum Gasteiger partial charge on any atom is 0.255 e. The second-order valence-electron chi connectivity index (χ2n) is 4.30. The molecule has 0 heterocycles. The van der Waals surface area contributed by atoms with Gasteiger partial charge in [0.15, 0.2) is 0 Å². The first-order valence-corrected chi connectivity index (χ1v) is 6.07. The van der Waals surface area contributed by atoms with Crippen LogP contribution in [0.15, 0.2) is 48.5 Å². The van der Waals surface area contributed by atoms with Gasteiger partial charge in [-0.15, -0.1) is 0 Å². The molecule has 1 unspecified atom stereocenters. The van der Waals surface area contributed by atoms with E-state index in [9.17, 15) is 19.4 Å². The summed E-state index contributed by atoms with van der Waals surface area (Å²) >= 11 is 0. The minimum absolute atomic E-state index is 0.0290. The molecule has 0 saturated carbocycles. The lowest BCUT2D eigenvalue weighted by Gasteiger charge is -2.12. The molecule has 0 aliphatic heterocycles. The molecule has 2 rings (SSSR count). The van der Waals surface area contributed by atoms with Crippen molar-refractivity contribution in [3.63, 3.8) is 0 Å². The van der Waals surface area contributed by atoms with Crippen LogP contribution < -0.4 is 5.32 Å². The SMILES string of the molecule is O=C(NCC(O)c1ccccc1)c1cc(F)ccc1O.